The Morgan fingerprint density at radius 2 is 1.97 bits per heavy atom. The van der Waals surface area contributed by atoms with E-state index in [2.05, 4.69) is 33.5 Å². The number of hydrogen-bond acceptors (Lipinski definition) is 5. The molecule has 33 heavy (non-hydrogen) atoms. The van der Waals surface area contributed by atoms with Crippen LogP contribution in [0.3, 0.4) is 0 Å². The minimum Gasteiger partial charge on any atom is -0.377 e. The molecular formula is C26H30N4O3. The predicted molar refractivity (Wildman–Crippen MR) is 127 cm³/mol. The molecule has 1 fully saturated rings. The first kappa shape index (κ1) is 21.8. The summed E-state index contributed by atoms with van der Waals surface area (Å²) in [5.74, 6) is 0.547. The second-order valence-electron chi connectivity index (χ2n) is 9.05. The molecule has 2 atom stereocenters. The molecule has 1 aliphatic carbocycles. The Hall–Kier alpha value is -3.03. The molecule has 2 N–H and O–H groups in total. The van der Waals surface area contributed by atoms with Crippen LogP contribution in [0.4, 0.5) is 0 Å². The number of nitrogens with one attached hydrogen (secondary N) is 2. The number of hydrogen-bond donors (Lipinski definition) is 2. The molecule has 0 radical (unpaired) electrons. The number of carbonyl (C=O) groups excluding carboxylic acids is 1. The van der Waals surface area contributed by atoms with Crippen LogP contribution in [0.2, 0.25) is 0 Å². The highest BCUT2D eigenvalue weighted by atomic mass is 16.5. The smallest absolute Gasteiger partial charge is 0.258 e. The SMILES string of the molecule is O=C(CN(Cc1nc2ccccc2c(=O)[nH]1)C[C@@H]1CCCO1)N[C@@H]1CCCc2ccccc21. The van der Waals surface area contributed by atoms with Crippen molar-refractivity contribution in [2.75, 3.05) is 19.7 Å². The molecule has 1 saturated heterocycles. The van der Waals surface area contributed by atoms with Crippen molar-refractivity contribution in [1.82, 2.24) is 20.2 Å². The highest BCUT2D eigenvalue weighted by Crippen LogP contribution is 2.29. The molecule has 1 amide bonds. The number of para-hydroxylation sites is 1. The van der Waals surface area contributed by atoms with Crippen molar-refractivity contribution in [2.24, 2.45) is 0 Å². The van der Waals surface area contributed by atoms with Gasteiger partial charge in [0, 0.05) is 13.2 Å². The third kappa shape index (κ3) is 5.15. The van der Waals surface area contributed by atoms with Crippen molar-refractivity contribution >= 4 is 16.8 Å². The Bertz CT molecular complexity index is 1190. The Labute approximate surface area is 193 Å². The summed E-state index contributed by atoms with van der Waals surface area (Å²) < 4.78 is 5.83. The van der Waals surface area contributed by atoms with Gasteiger partial charge in [0.15, 0.2) is 0 Å². The Balaban J connectivity index is 1.31. The number of ether oxygens (including phenoxy) is 1. The fourth-order valence-electron chi connectivity index (χ4n) is 5.03. The number of fused-ring (bicyclic) bond motifs is 2. The maximum Gasteiger partial charge on any atom is 0.258 e. The average molecular weight is 447 g/mol. The van der Waals surface area contributed by atoms with E-state index in [-0.39, 0.29) is 30.2 Å². The van der Waals surface area contributed by atoms with Gasteiger partial charge in [0.05, 0.1) is 36.1 Å². The van der Waals surface area contributed by atoms with E-state index in [1.54, 1.807) is 6.07 Å². The lowest BCUT2D eigenvalue weighted by Crippen LogP contribution is -2.42. The van der Waals surface area contributed by atoms with Crippen LogP contribution in [0.1, 0.15) is 48.7 Å². The van der Waals surface area contributed by atoms with Gasteiger partial charge < -0.3 is 15.0 Å². The third-order valence-corrected chi connectivity index (χ3v) is 6.59. The number of aromatic nitrogens is 2. The summed E-state index contributed by atoms with van der Waals surface area (Å²) in [6.45, 7) is 2.00. The van der Waals surface area contributed by atoms with Gasteiger partial charge in [0.25, 0.3) is 5.56 Å². The van der Waals surface area contributed by atoms with E-state index in [0.717, 1.165) is 38.7 Å². The molecule has 2 heterocycles. The topological polar surface area (TPSA) is 87.3 Å². The minimum absolute atomic E-state index is 0.0159. The van der Waals surface area contributed by atoms with Gasteiger partial charge in [-0.1, -0.05) is 36.4 Å². The Morgan fingerprint density at radius 3 is 2.85 bits per heavy atom. The van der Waals surface area contributed by atoms with E-state index < -0.39 is 0 Å². The average Bonchev–Trinajstić information content (AvgIpc) is 3.32. The van der Waals surface area contributed by atoms with Crippen LogP contribution < -0.4 is 10.9 Å². The van der Waals surface area contributed by atoms with Crippen molar-refractivity contribution < 1.29 is 9.53 Å². The molecule has 1 aliphatic heterocycles. The maximum atomic E-state index is 13.1. The number of amides is 1. The monoisotopic (exact) mass is 446 g/mol. The first-order valence-electron chi connectivity index (χ1n) is 11.8. The molecule has 172 valence electrons. The third-order valence-electron chi connectivity index (χ3n) is 6.59. The minimum atomic E-state index is -0.157. The second-order valence-corrected chi connectivity index (χ2v) is 9.05. The van der Waals surface area contributed by atoms with Crippen LogP contribution >= 0.6 is 0 Å². The summed E-state index contributed by atoms with van der Waals surface area (Å²) in [5, 5.41) is 3.81. The fourth-order valence-corrected chi connectivity index (χ4v) is 5.03. The standard InChI is InChI=1S/C26H30N4O3/c31-25(28-22-13-5-8-18-7-1-2-10-20(18)22)17-30(15-19-9-6-14-33-19)16-24-27-23-12-4-3-11-21(23)26(32)29-24/h1-4,7,10-12,19,22H,5-6,8-9,13-17H2,(H,28,31)(H,27,29,32)/t19-,22+/m0/s1. The van der Waals surface area contributed by atoms with Crippen molar-refractivity contribution in [2.45, 2.75) is 50.8 Å². The zero-order valence-corrected chi connectivity index (χ0v) is 18.8. The van der Waals surface area contributed by atoms with Gasteiger partial charge in [0.1, 0.15) is 5.82 Å². The first-order valence-corrected chi connectivity index (χ1v) is 11.8. The summed E-state index contributed by atoms with van der Waals surface area (Å²) in [5.41, 5.74) is 3.05. The van der Waals surface area contributed by atoms with Gasteiger partial charge in [-0.2, -0.15) is 0 Å². The molecule has 2 aliphatic rings. The van der Waals surface area contributed by atoms with Crippen LogP contribution in [-0.2, 0) is 22.5 Å². The lowest BCUT2D eigenvalue weighted by molar-refractivity contribution is -0.123. The summed E-state index contributed by atoms with van der Waals surface area (Å²) in [6.07, 6.45) is 5.21. The molecule has 7 nitrogen and oxygen atoms in total. The van der Waals surface area contributed by atoms with Crippen LogP contribution in [0.15, 0.2) is 53.3 Å². The van der Waals surface area contributed by atoms with E-state index in [4.69, 9.17) is 4.74 Å². The van der Waals surface area contributed by atoms with Gasteiger partial charge in [0.2, 0.25) is 5.91 Å². The van der Waals surface area contributed by atoms with Gasteiger partial charge in [-0.3, -0.25) is 14.5 Å². The number of carbonyl (C=O) groups is 1. The van der Waals surface area contributed by atoms with Crippen molar-refractivity contribution in [3.05, 3.63) is 75.8 Å². The number of aromatic amines is 1. The molecule has 7 heteroatoms. The number of nitrogens with zero attached hydrogens (tertiary/aromatic N) is 2. The highest BCUT2D eigenvalue weighted by Gasteiger charge is 2.25. The molecule has 0 spiro atoms. The van der Waals surface area contributed by atoms with E-state index in [9.17, 15) is 9.59 Å². The molecule has 1 aromatic heterocycles. The largest absolute Gasteiger partial charge is 0.377 e. The summed E-state index contributed by atoms with van der Waals surface area (Å²) in [4.78, 5) is 35.2. The fraction of sp³-hybridized carbons (Fsp3) is 0.423. The molecule has 0 saturated carbocycles. The lowest BCUT2D eigenvalue weighted by Gasteiger charge is -2.28. The van der Waals surface area contributed by atoms with Gasteiger partial charge >= 0.3 is 0 Å². The molecule has 0 unspecified atom stereocenters. The number of rotatable bonds is 7. The van der Waals surface area contributed by atoms with Crippen molar-refractivity contribution in [3.63, 3.8) is 0 Å². The number of aryl methyl sites for hydroxylation is 1. The Kier molecular flexibility index (Phi) is 6.51. The van der Waals surface area contributed by atoms with Crippen LogP contribution in [0, 0.1) is 0 Å². The van der Waals surface area contributed by atoms with E-state index in [1.807, 2.05) is 29.2 Å². The quantitative estimate of drug-likeness (QED) is 0.582. The lowest BCUT2D eigenvalue weighted by atomic mass is 9.88. The van der Waals surface area contributed by atoms with E-state index in [1.165, 1.54) is 11.1 Å². The normalized spacial score (nSPS) is 20.2. The van der Waals surface area contributed by atoms with E-state index >= 15 is 0 Å². The molecule has 2 aromatic carbocycles. The molecular weight excluding hydrogens is 416 g/mol. The Morgan fingerprint density at radius 1 is 1.12 bits per heavy atom. The molecule has 3 aromatic rings. The number of benzene rings is 2. The second kappa shape index (κ2) is 9.85. The summed E-state index contributed by atoms with van der Waals surface area (Å²) in [6, 6.07) is 15.7. The van der Waals surface area contributed by atoms with E-state index in [0.29, 0.717) is 29.8 Å². The van der Waals surface area contributed by atoms with Crippen LogP contribution in [0.25, 0.3) is 10.9 Å². The van der Waals surface area contributed by atoms with Crippen molar-refractivity contribution in [1.29, 1.82) is 0 Å². The summed E-state index contributed by atoms with van der Waals surface area (Å²) in [7, 11) is 0. The van der Waals surface area contributed by atoms with Gasteiger partial charge in [-0.15, -0.1) is 0 Å². The predicted octanol–water partition coefficient (Wildman–Crippen LogP) is 3.10. The van der Waals surface area contributed by atoms with Crippen LogP contribution in [0.5, 0.6) is 0 Å². The maximum absolute atomic E-state index is 13.1. The van der Waals surface area contributed by atoms with Crippen LogP contribution in [-0.4, -0.2) is 46.6 Å². The molecule has 0 bridgehead atoms. The summed E-state index contributed by atoms with van der Waals surface area (Å²) >= 11 is 0. The van der Waals surface area contributed by atoms with Gasteiger partial charge in [-0.05, 0) is 55.4 Å². The number of H-pyrrole nitrogens is 1. The molecule has 5 rings (SSSR count). The van der Waals surface area contributed by atoms with Crippen molar-refractivity contribution in [3.8, 4) is 0 Å². The van der Waals surface area contributed by atoms with Gasteiger partial charge in [-0.25, -0.2) is 4.98 Å². The first-order chi connectivity index (χ1) is 16.2. The highest BCUT2D eigenvalue weighted by molar-refractivity contribution is 5.79. The zero-order valence-electron chi connectivity index (χ0n) is 18.8. The zero-order chi connectivity index (χ0) is 22.6.